The summed E-state index contributed by atoms with van der Waals surface area (Å²) in [6, 6.07) is 12.2. The van der Waals surface area contributed by atoms with Crippen molar-refractivity contribution in [3.05, 3.63) is 58.4 Å². The quantitative estimate of drug-likeness (QED) is 0.677. The molecule has 1 aromatic heterocycles. The van der Waals surface area contributed by atoms with Crippen molar-refractivity contribution in [3.63, 3.8) is 0 Å². The normalized spacial score (nSPS) is 10.5. The highest BCUT2D eigenvalue weighted by Gasteiger charge is 2.14. The Morgan fingerprint density at radius 3 is 2.64 bits per heavy atom. The van der Waals surface area contributed by atoms with Gasteiger partial charge in [-0.15, -0.1) is 10.2 Å². The Morgan fingerprint density at radius 1 is 1.20 bits per heavy atom. The van der Waals surface area contributed by atoms with E-state index in [1.54, 1.807) is 12.1 Å². The summed E-state index contributed by atoms with van der Waals surface area (Å²) in [6.07, 6.45) is 0. The maximum absolute atomic E-state index is 11.5. The van der Waals surface area contributed by atoms with Crippen molar-refractivity contribution in [2.24, 2.45) is 5.73 Å². The molecule has 1 amide bonds. The highest BCUT2D eigenvalue weighted by atomic mass is 79.9. The largest absolute Gasteiger partial charge is 0.497 e. The van der Waals surface area contributed by atoms with E-state index in [1.807, 2.05) is 24.3 Å². The number of benzene rings is 2. The fourth-order valence-corrected chi connectivity index (χ4v) is 2.38. The lowest BCUT2D eigenvalue weighted by molar-refractivity contribution is 0.0995. The minimum absolute atomic E-state index is 0.00300. The molecular weight excluding hydrogens is 390 g/mol. The van der Waals surface area contributed by atoms with Crippen LogP contribution in [0.25, 0.3) is 11.5 Å². The second-order valence-corrected chi connectivity index (χ2v) is 5.94. The average molecular weight is 404 g/mol. The number of nitrogens with two attached hydrogens (primary N) is 1. The summed E-state index contributed by atoms with van der Waals surface area (Å²) in [6.45, 7) is -0.00300. The van der Waals surface area contributed by atoms with Crippen molar-refractivity contribution < 1.29 is 18.7 Å². The number of nitrogens with zero attached hydrogens (tertiary/aromatic N) is 2. The number of ether oxygens (including phenoxy) is 2. The van der Waals surface area contributed by atoms with Crippen molar-refractivity contribution in [2.45, 2.75) is 6.61 Å². The van der Waals surface area contributed by atoms with E-state index in [0.29, 0.717) is 11.6 Å². The molecule has 0 aliphatic carbocycles. The second-order valence-electron chi connectivity index (χ2n) is 5.02. The van der Waals surface area contributed by atoms with Crippen molar-refractivity contribution >= 4 is 21.8 Å². The van der Waals surface area contributed by atoms with Gasteiger partial charge in [-0.1, -0.05) is 15.9 Å². The summed E-state index contributed by atoms with van der Waals surface area (Å²) in [5.74, 6) is 0.887. The molecule has 7 nitrogen and oxygen atoms in total. The predicted molar refractivity (Wildman–Crippen MR) is 93.3 cm³/mol. The van der Waals surface area contributed by atoms with E-state index in [-0.39, 0.29) is 23.8 Å². The van der Waals surface area contributed by atoms with Crippen LogP contribution in [-0.2, 0) is 6.61 Å². The number of halogens is 1. The van der Waals surface area contributed by atoms with Gasteiger partial charge in [-0.25, -0.2) is 0 Å². The molecule has 3 aromatic rings. The summed E-state index contributed by atoms with van der Waals surface area (Å²) in [4.78, 5) is 11.5. The smallest absolute Gasteiger partial charge is 0.254 e. The second kappa shape index (κ2) is 7.35. The van der Waals surface area contributed by atoms with Crippen molar-refractivity contribution in [2.75, 3.05) is 7.11 Å². The molecule has 8 heteroatoms. The van der Waals surface area contributed by atoms with Gasteiger partial charge in [0.05, 0.1) is 12.7 Å². The van der Waals surface area contributed by atoms with Crippen LogP contribution in [0.3, 0.4) is 0 Å². The maximum Gasteiger partial charge on any atom is 0.254 e. The van der Waals surface area contributed by atoms with Crippen LogP contribution in [-0.4, -0.2) is 23.2 Å². The molecule has 0 bridgehead atoms. The van der Waals surface area contributed by atoms with Crippen LogP contribution < -0.4 is 15.2 Å². The molecule has 0 fully saturated rings. The predicted octanol–water partition coefficient (Wildman–Crippen LogP) is 3.19. The minimum Gasteiger partial charge on any atom is -0.497 e. The topological polar surface area (TPSA) is 100 Å². The number of carbonyl (C=O) groups excluding carboxylic acids is 1. The maximum atomic E-state index is 11.5. The van der Waals surface area contributed by atoms with Crippen molar-refractivity contribution in [1.29, 1.82) is 0 Å². The first-order valence-electron chi connectivity index (χ1n) is 7.26. The third-order valence-electron chi connectivity index (χ3n) is 3.36. The molecule has 128 valence electrons. The third-order valence-corrected chi connectivity index (χ3v) is 3.89. The summed E-state index contributed by atoms with van der Waals surface area (Å²) in [5.41, 5.74) is 6.39. The van der Waals surface area contributed by atoms with E-state index in [9.17, 15) is 4.79 Å². The molecule has 0 spiro atoms. The van der Waals surface area contributed by atoms with Crippen LogP contribution in [0.1, 0.15) is 16.2 Å². The van der Waals surface area contributed by atoms with Crippen LogP contribution >= 0.6 is 15.9 Å². The van der Waals surface area contributed by atoms with Gasteiger partial charge in [-0.05, 0) is 36.4 Å². The number of methoxy groups -OCH3 is 1. The highest BCUT2D eigenvalue weighted by Crippen LogP contribution is 2.26. The summed E-state index contributed by atoms with van der Waals surface area (Å²) >= 11 is 3.37. The molecule has 2 aromatic carbocycles. The van der Waals surface area contributed by atoms with Gasteiger partial charge in [0.25, 0.3) is 11.8 Å². The molecule has 0 saturated heterocycles. The number of hydrogen-bond donors (Lipinski definition) is 1. The van der Waals surface area contributed by atoms with Crippen LogP contribution in [0.2, 0.25) is 0 Å². The third kappa shape index (κ3) is 3.97. The fourth-order valence-electron chi connectivity index (χ4n) is 2.11. The van der Waals surface area contributed by atoms with Crippen molar-refractivity contribution in [1.82, 2.24) is 10.2 Å². The molecule has 0 unspecified atom stereocenters. The molecule has 3 rings (SSSR count). The number of primary amides is 1. The first kappa shape index (κ1) is 17.0. The lowest BCUT2D eigenvalue weighted by atomic mass is 10.2. The minimum atomic E-state index is -0.598. The first-order chi connectivity index (χ1) is 12.1. The number of carbonyl (C=O) groups is 1. The van der Waals surface area contributed by atoms with E-state index in [0.717, 1.165) is 10.0 Å². The van der Waals surface area contributed by atoms with E-state index < -0.39 is 5.91 Å². The Morgan fingerprint density at radius 2 is 1.96 bits per heavy atom. The molecule has 0 saturated carbocycles. The summed E-state index contributed by atoms with van der Waals surface area (Å²) in [7, 11) is 1.52. The zero-order valence-corrected chi connectivity index (χ0v) is 14.8. The van der Waals surface area contributed by atoms with Crippen molar-refractivity contribution in [3.8, 4) is 23.0 Å². The molecule has 1 heterocycles. The molecule has 2 N–H and O–H groups in total. The lowest BCUT2D eigenvalue weighted by Gasteiger charge is -2.09. The molecule has 0 aliphatic heterocycles. The fraction of sp³-hybridized carbons (Fsp3) is 0.118. The average Bonchev–Trinajstić information content (AvgIpc) is 3.09. The SMILES string of the molecule is COc1ccc(C(N)=O)c(OCc2nnc(-c3ccc(Br)cc3)o2)c1. The molecule has 0 atom stereocenters. The number of rotatable bonds is 6. The zero-order valence-electron chi connectivity index (χ0n) is 13.2. The molecular formula is C17H14BrN3O4. The van der Waals surface area contributed by atoms with Gasteiger partial charge in [-0.3, -0.25) is 4.79 Å². The summed E-state index contributed by atoms with van der Waals surface area (Å²) < 4.78 is 17.3. The number of amides is 1. The number of hydrogen-bond acceptors (Lipinski definition) is 6. The Kier molecular flexibility index (Phi) is 4.99. The first-order valence-corrected chi connectivity index (χ1v) is 8.05. The Labute approximate surface area is 151 Å². The van der Waals surface area contributed by atoms with Crippen LogP contribution in [0.5, 0.6) is 11.5 Å². The van der Waals surface area contributed by atoms with Crippen LogP contribution in [0, 0.1) is 0 Å². The zero-order chi connectivity index (χ0) is 17.8. The lowest BCUT2D eigenvalue weighted by Crippen LogP contribution is -2.13. The van der Waals surface area contributed by atoms with Gasteiger partial charge >= 0.3 is 0 Å². The summed E-state index contributed by atoms with van der Waals surface area (Å²) in [5, 5.41) is 7.94. The Balaban J connectivity index is 1.76. The highest BCUT2D eigenvalue weighted by molar-refractivity contribution is 9.10. The Hall–Kier alpha value is -2.87. The van der Waals surface area contributed by atoms with E-state index in [2.05, 4.69) is 26.1 Å². The molecule has 0 radical (unpaired) electrons. The molecule has 0 aliphatic rings. The van der Waals surface area contributed by atoms with Crippen LogP contribution in [0.15, 0.2) is 51.4 Å². The van der Waals surface area contributed by atoms with Gasteiger partial charge in [0.1, 0.15) is 11.5 Å². The number of aromatic nitrogens is 2. The van der Waals surface area contributed by atoms with E-state index >= 15 is 0 Å². The monoisotopic (exact) mass is 403 g/mol. The van der Waals surface area contributed by atoms with Crippen LogP contribution in [0.4, 0.5) is 0 Å². The van der Waals surface area contributed by atoms with Gasteiger partial charge < -0.3 is 19.6 Å². The van der Waals surface area contributed by atoms with E-state index in [4.69, 9.17) is 19.6 Å². The Bertz CT molecular complexity index is 893. The van der Waals surface area contributed by atoms with Gasteiger partial charge in [0.15, 0.2) is 6.61 Å². The van der Waals surface area contributed by atoms with Gasteiger partial charge in [-0.2, -0.15) is 0 Å². The molecule has 25 heavy (non-hydrogen) atoms. The van der Waals surface area contributed by atoms with Gasteiger partial charge in [0.2, 0.25) is 5.89 Å². The standard InChI is InChI=1S/C17H14BrN3O4/c1-23-12-6-7-13(16(19)22)14(8-12)24-9-15-20-21-17(25-15)10-2-4-11(18)5-3-10/h2-8H,9H2,1H3,(H2,19,22). The van der Waals surface area contributed by atoms with E-state index in [1.165, 1.54) is 13.2 Å². The van der Waals surface area contributed by atoms with Gasteiger partial charge in [0, 0.05) is 16.1 Å².